The molecule has 4 aliphatic heterocycles. The Balaban J connectivity index is 0.677. The third-order valence-electron chi connectivity index (χ3n) is 15.6. The third kappa shape index (κ3) is 12.5. The fraction of sp³-hybridized carbons (Fsp3) is 0.456. The standard InChI is InChI=1S/C57H66ClF3N11O3PS/c1-37-38(2)77-56-53(37)54(41-11-13-42(58)14-12-41)64-49(55-66-65-39(3)72(55)56)33-51(73)70-30-28-68(29-31-70)34-40-19-26-69(27-20-40)52(74)35-67-24-21-44(22-25-67)63-48-9-6-10-50-47(48)32-45(71(50)36-57(59,60)61)8-7-23-62-43-15-17-46(18-16-43)76(4,5)75/h6,9-18,32,40,44,49,62-63H,19-31,33-36H2,1-5H3/t49-/m0/s1. The normalized spacial score (nSPS) is 18.1. The summed E-state index contributed by atoms with van der Waals surface area (Å²) in [4.78, 5) is 42.9. The van der Waals surface area contributed by atoms with Gasteiger partial charge in [0.05, 0.1) is 36.4 Å². The molecule has 406 valence electrons. The summed E-state index contributed by atoms with van der Waals surface area (Å²) in [5.41, 5.74) is 6.23. The number of amides is 2. The molecule has 3 saturated heterocycles. The molecule has 3 fully saturated rings. The van der Waals surface area contributed by atoms with Crippen LogP contribution in [0.4, 0.5) is 24.5 Å². The predicted molar refractivity (Wildman–Crippen MR) is 302 cm³/mol. The highest BCUT2D eigenvalue weighted by Crippen LogP contribution is 2.40. The summed E-state index contributed by atoms with van der Waals surface area (Å²) in [5.74, 6) is 8.08. The zero-order valence-corrected chi connectivity index (χ0v) is 46.8. The van der Waals surface area contributed by atoms with Gasteiger partial charge in [0.25, 0.3) is 0 Å². The molecule has 77 heavy (non-hydrogen) atoms. The number of likely N-dealkylation sites (tertiary alicyclic amines) is 2. The summed E-state index contributed by atoms with van der Waals surface area (Å²) in [7, 11) is -2.39. The molecular formula is C57H66ClF3N11O3PS. The lowest BCUT2D eigenvalue weighted by atomic mass is 9.95. The first kappa shape index (κ1) is 54.4. The third-order valence-corrected chi connectivity index (χ3v) is 18.6. The predicted octanol–water partition coefficient (Wildman–Crippen LogP) is 9.38. The number of nitrogens with zero attached hydrogens (tertiary/aromatic N) is 9. The van der Waals surface area contributed by atoms with Crippen molar-refractivity contribution < 1.29 is 27.3 Å². The van der Waals surface area contributed by atoms with Gasteiger partial charge in [0, 0.05) is 108 Å². The Bertz CT molecular complexity index is 3280. The number of hydrogen-bond donors (Lipinski definition) is 2. The molecular weight excluding hydrogens is 1040 g/mol. The van der Waals surface area contributed by atoms with Crippen molar-refractivity contribution in [3.05, 3.63) is 117 Å². The average Bonchev–Trinajstić information content (AvgIpc) is 4.03. The lowest BCUT2D eigenvalue weighted by Crippen LogP contribution is -2.51. The monoisotopic (exact) mass is 1110 g/mol. The Kier molecular flexibility index (Phi) is 16.1. The SMILES string of the molecule is Cc1sc2c(c1C)C(c1ccc(Cl)cc1)=N[C@@H](CC(=O)N1CCN(CC3CCN(C(=O)CN4CCC(Nc5cccc6c5cc(C#CCNc5ccc(P(C)(C)=O)cc5)n6CC(F)(F)F)CC4)CC3)CC1)c1nnc(C)n1-2. The molecule has 6 aromatic rings. The Morgan fingerprint density at radius 2 is 1.55 bits per heavy atom. The van der Waals surface area contributed by atoms with Crippen LogP contribution in [0.3, 0.4) is 0 Å². The Morgan fingerprint density at radius 3 is 2.23 bits per heavy atom. The number of benzene rings is 3. The number of piperidine rings is 2. The maximum atomic E-state index is 14.1. The van der Waals surface area contributed by atoms with E-state index in [-0.39, 0.29) is 36.5 Å². The summed E-state index contributed by atoms with van der Waals surface area (Å²) in [6.45, 7) is 15.8. The summed E-state index contributed by atoms with van der Waals surface area (Å²) < 4.78 is 57.4. The second-order valence-corrected chi connectivity index (χ2v) is 26.2. The first-order chi connectivity index (χ1) is 36.8. The fourth-order valence-electron chi connectivity index (χ4n) is 11.2. The number of halogens is 4. The molecule has 0 saturated carbocycles. The van der Waals surface area contributed by atoms with E-state index < -0.39 is 25.9 Å². The van der Waals surface area contributed by atoms with Crippen molar-refractivity contribution >= 4 is 75.2 Å². The van der Waals surface area contributed by atoms with Crippen LogP contribution in [0.5, 0.6) is 0 Å². The molecule has 0 radical (unpaired) electrons. The van der Waals surface area contributed by atoms with E-state index in [1.807, 2.05) is 71.3 Å². The molecule has 0 unspecified atom stereocenters. The number of aryl methyl sites for hydroxylation is 2. The maximum Gasteiger partial charge on any atom is 0.406 e. The van der Waals surface area contributed by atoms with Crippen molar-refractivity contribution in [3.63, 3.8) is 0 Å². The number of piperazine rings is 1. The van der Waals surface area contributed by atoms with Crippen molar-refractivity contribution in [1.29, 1.82) is 0 Å². The number of alkyl halides is 3. The van der Waals surface area contributed by atoms with Gasteiger partial charge in [-0.3, -0.25) is 28.9 Å². The molecule has 1 atom stereocenters. The Hall–Kier alpha value is -5.96. The lowest BCUT2D eigenvalue weighted by Gasteiger charge is -2.39. The number of carbonyl (C=O) groups is 2. The van der Waals surface area contributed by atoms with Crippen molar-refractivity contribution in [2.45, 2.75) is 77.7 Å². The van der Waals surface area contributed by atoms with Crippen LogP contribution in [0.2, 0.25) is 5.02 Å². The van der Waals surface area contributed by atoms with Gasteiger partial charge in [0.15, 0.2) is 5.82 Å². The highest BCUT2D eigenvalue weighted by Gasteiger charge is 2.35. The fourth-order valence-corrected chi connectivity index (χ4v) is 13.4. The average molecular weight is 1110 g/mol. The maximum absolute atomic E-state index is 14.1. The van der Waals surface area contributed by atoms with Crippen LogP contribution >= 0.6 is 30.1 Å². The number of thiophene rings is 1. The summed E-state index contributed by atoms with van der Waals surface area (Å²) >= 11 is 8.00. The second-order valence-electron chi connectivity index (χ2n) is 21.3. The minimum Gasteiger partial charge on any atom is -0.382 e. The largest absolute Gasteiger partial charge is 0.406 e. The molecule has 3 aromatic carbocycles. The minimum absolute atomic E-state index is 0.0520. The van der Waals surface area contributed by atoms with Crippen LogP contribution in [0.25, 0.3) is 15.9 Å². The lowest BCUT2D eigenvalue weighted by molar-refractivity contribution is -0.140. The number of aromatic nitrogens is 4. The van der Waals surface area contributed by atoms with Gasteiger partial charge in [0.1, 0.15) is 30.6 Å². The molecule has 2 amide bonds. The molecule has 2 N–H and O–H groups in total. The van der Waals surface area contributed by atoms with E-state index in [0.717, 1.165) is 121 Å². The Labute approximate surface area is 457 Å². The molecule has 0 bridgehead atoms. The van der Waals surface area contributed by atoms with E-state index in [2.05, 4.69) is 60.9 Å². The highest BCUT2D eigenvalue weighted by molar-refractivity contribution is 7.70. The molecule has 10 rings (SSSR count). The van der Waals surface area contributed by atoms with Crippen LogP contribution < -0.4 is 15.9 Å². The molecule has 0 spiro atoms. The summed E-state index contributed by atoms with van der Waals surface area (Å²) in [6.07, 6.45) is -0.790. The smallest absolute Gasteiger partial charge is 0.382 e. The van der Waals surface area contributed by atoms with E-state index in [0.29, 0.717) is 47.3 Å². The first-order valence-corrected chi connectivity index (χ1v) is 30.4. The second kappa shape index (κ2) is 22.8. The molecule has 7 heterocycles. The Morgan fingerprint density at radius 1 is 0.844 bits per heavy atom. The first-order valence-electron chi connectivity index (χ1n) is 26.6. The van der Waals surface area contributed by atoms with Gasteiger partial charge in [-0.2, -0.15) is 13.2 Å². The van der Waals surface area contributed by atoms with Crippen LogP contribution in [-0.2, 0) is 20.7 Å². The van der Waals surface area contributed by atoms with Gasteiger partial charge in [-0.1, -0.05) is 35.7 Å². The van der Waals surface area contributed by atoms with Crippen LogP contribution in [-0.4, -0.2) is 154 Å². The number of hydrogen-bond acceptors (Lipinski definition) is 11. The van der Waals surface area contributed by atoms with Gasteiger partial charge in [0.2, 0.25) is 11.8 Å². The van der Waals surface area contributed by atoms with Crippen LogP contribution in [0.15, 0.2) is 77.8 Å². The van der Waals surface area contributed by atoms with Crippen molar-refractivity contribution in [1.82, 2.24) is 38.9 Å². The topological polar surface area (TPSA) is 136 Å². The zero-order valence-electron chi connectivity index (χ0n) is 44.3. The molecule has 20 heteroatoms. The molecule has 0 aliphatic carbocycles. The van der Waals surface area contributed by atoms with E-state index >= 15 is 0 Å². The number of aliphatic imine (C=N–C) groups is 1. The van der Waals surface area contributed by atoms with E-state index in [4.69, 9.17) is 16.6 Å². The highest BCUT2D eigenvalue weighted by atomic mass is 35.5. The van der Waals surface area contributed by atoms with Crippen LogP contribution in [0.1, 0.15) is 77.1 Å². The minimum atomic E-state index is -4.44. The number of rotatable bonds is 13. The zero-order chi connectivity index (χ0) is 54.2. The van der Waals surface area contributed by atoms with E-state index in [1.54, 1.807) is 42.9 Å². The molecule has 3 aromatic heterocycles. The van der Waals surface area contributed by atoms with Gasteiger partial charge in [-0.05, 0) is 132 Å². The molecule has 14 nitrogen and oxygen atoms in total. The summed E-state index contributed by atoms with van der Waals surface area (Å²) in [5, 5.41) is 19.0. The molecule has 4 aliphatic rings. The number of fused-ring (bicyclic) bond motifs is 4. The van der Waals surface area contributed by atoms with Crippen LogP contribution in [0, 0.1) is 38.5 Å². The van der Waals surface area contributed by atoms with Gasteiger partial charge in [-0.15, -0.1) is 21.5 Å². The number of anilines is 2. The van der Waals surface area contributed by atoms with Crippen molar-refractivity contribution in [2.75, 3.05) is 96.0 Å². The van der Waals surface area contributed by atoms with Crippen molar-refractivity contribution in [2.24, 2.45) is 10.9 Å². The van der Waals surface area contributed by atoms with E-state index in [1.165, 1.54) is 9.44 Å². The van der Waals surface area contributed by atoms with Gasteiger partial charge < -0.3 is 29.6 Å². The van der Waals surface area contributed by atoms with E-state index in [9.17, 15) is 27.3 Å². The number of carbonyl (C=O) groups excluding carboxylic acids is 2. The number of nitrogens with one attached hydrogen (secondary N) is 2. The summed E-state index contributed by atoms with van der Waals surface area (Å²) in [6, 6.07) is 21.7. The quantitative estimate of drug-likeness (QED) is 0.0857. The van der Waals surface area contributed by atoms with Gasteiger partial charge >= 0.3 is 6.18 Å². The van der Waals surface area contributed by atoms with Crippen molar-refractivity contribution in [3.8, 4) is 16.8 Å². The van der Waals surface area contributed by atoms with Gasteiger partial charge in [-0.25, -0.2) is 0 Å².